The van der Waals surface area contributed by atoms with E-state index in [-0.39, 0.29) is 0 Å². The Morgan fingerprint density at radius 2 is 1.59 bits per heavy atom. The van der Waals surface area contributed by atoms with Crippen molar-refractivity contribution in [2.24, 2.45) is 23.2 Å². The zero-order chi connectivity index (χ0) is 12.5. The molecule has 0 N–H and O–H groups in total. The summed E-state index contributed by atoms with van der Waals surface area (Å²) < 4.78 is 0. The van der Waals surface area contributed by atoms with E-state index in [2.05, 4.69) is 32.6 Å². The molecular formula is C16H31N. The standard InChI is InChI=1S/C16H31N/c1-13(2)9-15-5-7-16(8-6-15)11-17(12-16)10-14(3)4/h13-15H,5-12H2,1-4H3. The second-order valence-corrected chi connectivity index (χ2v) is 7.64. The summed E-state index contributed by atoms with van der Waals surface area (Å²) in [7, 11) is 0. The van der Waals surface area contributed by atoms with Gasteiger partial charge in [0.25, 0.3) is 0 Å². The van der Waals surface area contributed by atoms with E-state index in [9.17, 15) is 0 Å². The third-order valence-corrected chi connectivity index (χ3v) is 4.71. The van der Waals surface area contributed by atoms with Gasteiger partial charge in [-0.3, -0.25) is 0 Å². The lowest BCUT2D eigenvalue weighted by Gasteiger charge is -2.54. The maximum absolute atomic E-state index is 2.67. The van der Waals surface area contributed by atoms with Crippen molar-refractivity contribution in [2.75, 3.05) is 19.6 Å². The highest BCUT2D eigenvalue weighted by molar-refractivity contribution is 4.97. The van der Waals surface area contributed by atoms with Crippen LogP contribution in [0.3, 0.4) is 0 Å². The Morgan fingerprint density at radius 1 is 1.00 bits per heavy atom. The van der Waals surface area contributed by atoms with Crippen molar-refractivity contribution in [1.29, 1.82) is 0 Å². The normalized spacial score (nSPS) is 25.8. The van der Waals surface area contributed by atoms with Crippen molar-refractivity contribution in [3.63, 3.8) is 0 Å². The molecule has 1 spiro atoms. The molecule has 2 fully saturated rings. The van der Waals surface area contributed by atoms with Crippen molar-refractivity contribution in [3.8, 4) is 0 Å². The average molecular weight is 237 g/mol. The topological polar surface area (TPSA) is 3.24 Å². The molecule has 0 bridgehead atoms. The predicted octanol–water partition coefficient (Wildman–Crippen LogP) is 4.18. The van der Waals surface area contributed by atoms with Gasteiger partial charge in [-0.1, -0.05) is 27.7 Å². The van der Waals surface area contributed by atoms with Crippen molar-refractivity contribution in [2.45, 2.75) is 59.8 Å². The van der Waals surface area contributed by atoms with Crippen LogP contribution in [0, 0.1) is 23.2 Å². The van der Waals surface area contributed by atoms with Crippen molar-refractivity contribution < 1.29 is 0 Å². The molecule has 0 amide bonds. The highest BCUT2D eigenvalue weighted by Gasteiger charge is 2.44. The van der Waals surface area contributed by atoms with Gasteiger partial charge in [-0.2, -0.15) is 0 Å². The molecule has 1 heteroatoms. The van der Waals surface area contributed by atoms with Gasteiger partial charge in [0.2, 0.25) is 0 Å². The van der Waals surface area contributed by atoms with Crippen molar-refractivity contribution >= 4 is 0 Å². The fraction of sp³-hybridized carbons (Fsp3) is 1.00. The van der Waals surface area contributed by atoms with Crippen LogP contribution in [0.25, 0.3) is 0 Å². The maximum Gasteiger partial charge on any atom is 0.00506 e. The first kappa shape index (κ1) is 13.4. The van der Waals surface area contributed by atoms with Gasteiger partial charge in [-0.15, -0.1) is 0 Å². The third-order valence-electron chi connectivity index (χ3n) is 4.71. The number of rotatable bonds is 4. The van der Waals surface area contributed by atoms with E-state index >= 15 is 0 Å². The van der Waals surface area contributed by atoms with Gasteiger partial charge in [-0.25, -0.2) is 0 Å². The lowest BCUT2D eigenvalue weighted by molar-refractivity contribution is -0.0448. The third kappa shape index (κ3) is 3.47. The Kier molecular flexibility index (Phi) is 4.18. The van der Waals surface area contributed by atoms with E-state index in [4.69, 9.17) is 0 Å². The van der Waals surface area contributed by atoms with Gasteiger partial charge in [0, 0.05) is 19.6 Å². The van der Waals surface area contributed by atoms with E-state index in [0.29, 0.717) is 0 Å². The van der Waals surface area contributed by atoms with Gasteiger partial charge in [0.05, 0.1) is 0 Å². The molecule has 0 aromatic rings. The molecule has 1 saturated heterocycles. The molecule has 0 aromatic heterocycles. The maximum atomic E-state index is 2.67. The van der Waals surface area contributed by atoms with Crippen LogP contribution in [0.1, 0.15) is 59.8 Å². The average Bonchev–Trinajstić information content (AvgIpc) is 2.17. The molecule has 1 saturated carbocycles. The second-order valence-electron chi connectivity index (χ2n) is 7.64. The highest BCUT2D eigenvalue weighted by Crippen LogP contribution is 2.46. The Balaban J connectivity index is 1.70. The van der Waals surface area contributed by atoms with Crippen LogP contribution in [0.2, 0.25) is 0 Å². The largest absolute Gasteiger partial charge is 0.302 e. The van der Waals surface area contributed by atoms with E-state index in [1.54, 1.807) is 0 Å². The zero-order valence-electron chi connectivity index (χ0n) is 12.3. The molecule has 0 radical (unpaired) electrons. The molecule has 1 aliphatic carbocycles. The van der Waals surface area contributed by atoms with E-state index in [1.807, 2.05) is 0 Å². The molecular weight excluding hydrogens is 206 g/mol. The fourth-order valence-electron chi connectivity index (χ4n) is 4.06. The molecule has 1 aliphatic heterocycles. The summed E-state index contributed by atoms with van der Waals surface area (Å²) >= 11 is 0. The first-order valence-electron chi connectivity index (χ1n) is 7.71. The van der Waals surface area contributed by atoms with Crippen LogP contribution < -0.4 is 0 Å². The van der Waals surface area contributed by atoms with Crippen LogP contribution in [0.5, 0.6) is 0 Å². The molecule has 2 rings (SSSR count). The molecule has 17 heavy (non-hydrogen) atoms. The first-order valence-corrected chi connectivity index (χ1v) is 7.71. The molecule has 1 nitrogen and oxygen atoms in total. The Labute approximate surface area is 108 Å². The molecule has 2 aliphatic rings. The molecule has 0 atom stereocenters. The number of likely N-dealkylation sites (tertiary alicyclic amines) is 1. The summed E-state index contributed by atoms with van der Waals surface area (Å²) in [6.45, 7) is 13.5. The summed E-state index contributed by atoms with van der Waals surface area (Å²) in [5, 5.41) is 0. The van der Waals surface area contributed by atoms with Crippen LogP contribution >= 0.6 is 0 Å². The molecule has 100 valence electrons. The van der Waals surface area contributed by atoms with Crippen LogP contribution in [0.4, 0.5) is 0 Å². The summed E-state index contributed by atoms with van der Waals surface area (Å²) in [5.41, 5.74) is 0.752. The molecule has 0 aromatic carbocycles. The van der Waals surface area contributed by atoms with Crippen LogP contribution in [-0.2, 0) is 0 Å². The monoisotopic (exact) mass is 237 g/mol. The minimum absolute atomic E-state index is 0.752. The number of hydrogen-bond acceptors (Lipinski definition) is 1. The smallest absolute Gasteiger partial charge is 0.00506 e. The van der Waals surface area contributed by atoms with Gasteiger partial charge in [0.1, 0.15) is 0 Å². The van der Waals surface area contributed by atoms with Gasteiger partial charge < -0.3 is 4.90 Å². The summed E-state index contributed by atoms with van der Waals surface area (Å²) in [6.07, 6.45) is 7.51. The van der Waals surface area contributed by atoms with E-state index in [0.717, 1.165) is 23.2 Å². The molecule has 0 unspecified atom stereocenters. The van der Waals surface area contributed by atoms with Gasteiger partial charge >= 0.3 is 0 Å². The SMILES string of the molecule is CC(C)CC1CCC2(CC1)CN(CC(C)C)C2. The van der Waals surface area contributed by atoms with E-state index < -0.39 is 0 Å². The lowest BCUT2D eigenvalue weighted by Crippen LogP contribution is -2.58. The summed E-state index contributed by atoms with van der Waals surface area (Å²) in [4.78, 5) is 2.67. The predicted molar refractivity (Wildman–Crippen MR) is 75.1 cm³/mol. The lowest BCUT2D eigenvalue weighted by atomic mass is 9.65. The quantitative estimate of drug-likeness (QED) is 0.709. The summed E-state index contributed by atoms with van der Waals surface area (Å²) in [5.74, 6) is 2.78. The van der Waals surface area contributed by atoms with Crippen molar-refractivity contribution in [3.05, 3.63) is 0 Å². The Bertz CT molecular complexity index is 228. The fourth-order valence-corrected chi connectivity index (χ4v) is 4.06. The minimum Gasteiger partial charge on any atom is -0.302 e. The zero-order valence-corrected chi connectivity index (χ0v) is 12.3. The Hall–Kier alpha value is -0.0400. The van der Waals surface area contributed by atoms with E-state index in [1.165, 1.54) is 51.7 Å². The van der Waals surface area contributed by atoms with Crippen LogP contribution in [-0.4, -0.2) is 24.5 Å². The van der Waals surface area contributed by atoms with Crippen molar-refractivity contribution in [1.82, 2.24) is 4.90 Å². The molecule has 1 heterocycles. The minimum atomic E-state index is 0.752. The van der Waals surface area contributed by atoms with Gasteiger partial charge in [-0.05, 0) is 55.3 Å². The number of hydrogen-bond donors (Lipinski definition) is 0. The second kappa shape index (κ2) is 5.30. The number of nitrogens with zero attached hydrogens (tertiary/aromatic N) is 1. The van der Waals surface area contributed by atoms with Crippen LogP contribution in [0.15, 0.2) is 0 Å². The Morgan fingerprint density at radius 3 is 2.06 bits per heavy atom. The summed E-state index contributed by atoms with van der Waals surface area (Å²) in [6, 6.07) is 0. The first-order chi connectivity index (χ1) is 7.99. The van der Waals surface area contributed by atoms with Gasteiger partial charge in [0.15, 0.2) is 0 Å². The highest BCUT2D eigenvalue weighted by atomic mass is 15.2.